The maximum atomic E-state index is 13.1. The van der Waals surface area contributed by atoms with E-state index >= 15 is 0 Å². The fraction of sp³-hybridized carbons (Fsp3) is 0.435. The van der Waals surface area contributed by atoms with Crippen LogP contribution in [0.2, 0.25) is 0 Å². The van der Waals surface area contributed by atoms with Gasteiger partial charge in [-0.05, 0) is 26.3 Å². The number of hydrogen-bond acceptors (Lipinski definition) is 6. The molecule has 0 aliphatic carbocycles. The third-order valence-electron chi connectivity index (χ3n) is 5.81. The quantitative estimate of drug-likeness (QED) is 0.558. The average Bonchev–Trinajstić information content (AvgIpc) is 3.38. The molecule has 0 saturated carbocycles. The minimum atomic E-state index is -0.639. The number of likely N-dealkylation sites (tertiary alicyclic amines) is 1. The summed E-state index contributed by atoms with van der Waals surface area (Å²) in [5.74, 6) is 0.557. The number of carbonyl (C=O) groups excluding carboxylic acids is 1. The Hall–Kier alpha value is -2.93. The van der Waals surface area contributed by atoms with Gasteiger partial charge in [-0.25, -0.2) is 4.98 Å². The Morgan fingerprint density at radius 2 is 2.13 bits per heavy atom. The van der Waals surface area contributed by atoms with Crippen LogP contribution >= 0.6 is 0 Å². The van der Waals surface area contributed by atoms with Crippen LogP contribution in [0.4, 0.5) is 0 Å². The van der Waals surface area contributed by atoms with Crippen molar-refractivity contribution in [1.29, 1.82) is 0 Å². The van der Waals surface area contributed by atoms with E-state index < -0.39 is 5.41 Å². The molecular formula is C23H28N4O3. The normalized spacial score (nSPS) is 19.7. The zero-order chi connectivity index (χ0) is 21.0. The van der Waals surface area contributed by atoms with Gasteiger partial charge in [0, 0.05) is 44.4 Å². The molecule has 1 aliphatic rings. The predicted molar refractivity (Wildman–Crippen MR) is 112 cm³/mol. The first-order valence-electron chi connectivity index (χ1n) is 10.5. The highest BCUT2D eigenvalue weighted by Crippen LogP contribution is 2.36. The van der Waals surface area contributed by atoms with Crippen molar-refractivity contribution in [2.75, 3.05) is 19.7 Å². The summed E-state index contributed by atoms with van der Waals surface area (Å²) in [6, 6.07) is 11.9. The summed E-state index contributed by atoms with van der Waals surface area (Å²) in [4.78, 5) is 19.6. The Bertz CT molecular complexity index is 981. The molecule has 0 bridgehead atoms. The Kier molecular flexibility index (Phi) is 5.99. The van der Waals surface area contributed by atoms with Crippen molar-refractivity contribution in [2.45, 2.75) is 32.7 Å². The highest BCUT2D eigenvalue weighted by Gasteiger charge is 2.44. The van der Waals surface area contributed by atoms with E-state index in [0.717, 1.165) is 42.9 Å². The number of hydrogen-bond donors (Lipinski definition) is 0. The van der Waals surface area contributed by atoms with Gasteiger partial charge in [0.15, 0.2) is 0 Å². The smallest absolute Gasteiger partial charge is 0.313 e. The molecule has 2 aromatic heterocycles. The second kappa shape index (κ2) is 8.83. The molecule has 30 heavy (non-hydrogen) atoms. The van der Waals surface area contributed by atoms with Crippen LogP contribution < -0.4 is 0 Å². The minimum Gasteiger partial charge on any atom is -0.466 e. The molecule has 0 spiro atoms. The van der Waals surface area contributed by atoms with Gasteiger partial charge in [-0.15, -0.1) is 0 Å². The van der Waals surface area contributed by atoms with Crippen LogP contribution in [0.5, 0.6) is 0 Å². The largest absolute Gasteiger partial charge is 0.466 e. The minimum absolute atomic E-state index is 0.155. The fourth-order valence-corrected chi connectivity index (χ4v) is 4.27. The van der Waals surface area contributed by atoms with E-state index in [4.69, 9.17) is 9.26 Å². The zero-order valence-electron chi connectivity index (χ0n) is 17.6. The molecule has 1 saturated heterocycles. The summed E-state index contributed by atoms with van der Waals surface area (Å²) in [6.45, 7) is 4.54. The van der Waals surface area contributed by atoms with Gasteiger partial charge in [0.05, 0.1) is 24.0 Å². The molecule has 4 rings (SSSR count). The SMILES string of the molecule is CCOC(=O)C1(Cc2cc(-c3ccccc3)no2)CCCN(Cc2cncn2C)C1. The summed E-state index contributed by atoms with van der Waals surface area (Å²) < 4.78 is 13.2. The second-order valence-electron chi connectivity index (χ2n) is 8.03. The van der Waals surface area contributed by atoms with Crippen LogP contribution in [0.3, 0.4) is 0 Å². The number of esters is 1. The molecule has 0 amide bonds. The van der Waals surface area contributed by atoms with E-state index in [-0.39, 0.29) is 5.97 Å². The fourth-order valence-electron chi connectivity index (χ4n) is 4.27. The lowest BCUT2D eigenvalue weighted by Crippen LogP contribution is -2.49. The molecule has 1 atom stereocenters. The Balaban J connectivity index is 1.56. The van der Waals surface area contributed by atoms with E-state index in [0.29, 0.717) is 25.3 Å². The number of rotatable bonds is 7. The van der Waals surface area contributed by atoms with Crippen LogP contribution in [0.1, 0.15) is 31.2 Å². The summed E-state index contributed by atoms with van der Waals surface area (Å²) in [5, 5.41) is 4.23. The first-order valence-corrected chi connectivity index (χ1v) is 10.5. The van der Waals surface area contributed by atoms with Crippen LogP contribution in [0.15, 0.2) is 53.4 Å². The molecule has 3 aromatic rings. The Morgan fingerprint density at radius 3 is 2.87 bits per heavy atom. The number of imidazole rings is 1. The van der Waals surface area contributed by atoms with Crippen LogP contribution in [-0.2, 0) is 29.5 Å². The Labute approximate surface area is 176 Å². The summed E-state index contributed by atoms with van der Waals surface area (Å²) in [5.41, 5.74) is 2.27. The first kappa shape index (κ1) is 20.3. The third-order valence-corrected chi connectivity index (χ3v) is 5.81. The molecule has 0 N–H and O–H groups in total. The number of ether oxygens (including phenoxy) is 1. The molecule has 7 nitrogen and oxygen atoms in total. The number of benzene rings is 1. The van der Waals surface area contributed by atoms with E-state index in [1.165, 1.54) is 0 Å². The molecule has 1 aromatic carbocycles. The molecule has 158 valence electrons. The number of piperidine rings is 1. The number of aromatic nitrogens is 3. The molecule has 1 unspecified atom stereocenters. The van der Waals surface area contributed by atoms with Gasteiger partial charge in [-0.3, -0.25) is 9.69 Å². The van der Waals surface area contributed by atoms with Crippen LogP contribution in [0, 0.1) is 5.41 Å². The van der Waals surface area contributed by atoms with Crippen molar-refractivity contribution in [3.05, 3.63) is 60.4 Å². The van der Waals surface area contributed by atoms with Gasteiger partial charge in [0.1, 0.15) is 11.5 Å². The molecule has 1 aliphatic heterocycles. The summed E-state index contributed by atoms with van der Waals surface area (Å²) >= 11 is 0. The van der Waals surface area contributed by atoms with Crippen LogP contribution in [-0.4, -0.2) is 45.3 Å². The highest BCUT2D eigenvalue weighted by atomic mass is 16.5. The summed E-state index contributed by atoms with van der Waals surface area (Å²) in [7, 11) is 1.99. The van der Waals surface area contributed by atoms with Gasteiger partial charge in [-0.2, -0.15) is 0 Å². The maximum Gasteiger partial charge on any atom is 0.313 e. The van der Waals surface area contributed by atoms with Gasteiger partial charge in [-0.1, -0.05) is 35.5 Å². The highest BCUT2D eigenvalue weighted by molar-refractivity contribution is 5.77. The standard InChI is InChI=1S/C23H28N4O3/c1-3-29-22(28)23(10-7-11-27(16-23)15-19-14-24-17-26(19)2)13-20-12-21(25-30-20)18-8-5-4-6-9-18/h4-6,8-9,12,14,17H,3,7,10-11,13,15-16H2,1-2H3. The lowest BCUT2D eigenvalue weighted by atomic mass is 9.76. The van der Waals surface area contributed by atoms with Crippen molar-refractivity contribution in [1.82, 2.24) is 19.6 Å². The number of carbonyl (C=O) groups is 1. The number of aryl methyl sites for hydroxylation is 1. The van der Waals surface area contributed by atoms with Gasteiger partial charge < -0.3 is 13.8 Å². The summed E-state index contributed by atoms with van der Waals surface area (Å²) in [6.07, 6.45) is 5.86. The average molecular weight is 409 g/mol. The lowest BCUT2D eigenvalue weighted by molar-refractivity contribution is -0.159. The van der Waals surface area contributed by atoms with E-state index in [9.17, 15) is 4.79 Å². The monoisotopic (exact) mass is 408 g/mol. The van der Waals surface area contributed by atoms with Gasteiger partial charge in [0.2, 0.25) is 0 Å². The second-order valence-corrected chi connectivity index (χ2v) is 8.03. The number of nitrogens with zero attached hydrogens (tertiary/aromatic N) is 4. The maximum absolute atomic E-state index is 13.1. The van der Waals surface area contributed by atoms with Crippen molar-refractivity contribution in [2.24, 2.45) is 12.5 Å². The molecule has 3 heterocycles. The van der Waals surface area contributed by atoms with E-state index in [1.807, 2.05) is 61.1 Å². The molecule has 1 fully saturated rings. The van der Waals surface area contributed by atoms with Crippen LogP contribution in [0.25, 0.3) is 11.3 Å². The van der Waals surface area contributed by atoms with Crippen molar-refractivity contribution < 1.29 is 14.1 Å². The first-order chi connectivity index (χ1) is 14.6. The van der Waals surface area contributed by atoms with Gasteiger partial charge in [0.25, 0.3) is 0 Å². The Morgan fingerprint density at radius 1 is 1.30 bits per heavy atom. The van der Waals surface area contributed by atoms with Gasteiger partial charge >= 0.3 is 5.97 Å². The van der Waals surface area contributed by atoms with Crippen molar-refractivity contribution in [3.8, 4) is 11.3 Å². The van der Waals surface area contributed by atoms with E-state index in [2.05, 4.69) is 15.0 Å². The lowest BCUT2D eigenvalue weighted by Gasteiger charge is -2.40. The zero-order valence-corrected chi connectivity index (χ0v) is 17.6. The molecule has 7 heteroatoms. The van der Waals surface area contributed by atoms with Crippen molar-refractivity contribution in [3.63, 3.8) is 0 Å². The molecule has 0 radical (unpaired) electrons. The topological polar surface area (TPSA) is 73.4 Å². The third kappa shape index (κ3) is 4.31. The van der Waals surface area contributed by atoms with Crippen molar-refractivity contribution >= 4 is 5.97 Å². The van der Waals surface area contributed by atoms with E-state index in [1.54, 1.807) is 6.33 Å². The molecular weight excluding hydrogens is 380 g/mol. The predicted octanol–water partition coefficient (Wildman–Crippen LogP) is 3.46.